The third-order valence-corrected chi connectivity index (χ3v) is 5.72. The molecule has 0 bridgehead atoms. The Labute approximate surface area is 193 Å². The maximum atomic E-state index is 12.5. The fourth-order valence-corrected chi connectivity index (χ4v) is 3.97. The highest BCUT2D eigenvalue weighted by Gasteiger charge is 2.30. The van der Waals surface area contributed by atoms with Crippen molar-refractivity contribution in [3.63, 3.8) is 0 Å². The first-order valence-corrected chi connectivity index (χ1v) is 11.4. The predicted octanol–water partition coefficient (Wildman–Crippen LogP) is 2.24. The molecule has 2 aromatic heterocycles. The lowest BCUT2D eigenvalue weighted by Gasteiger charge is -2.24. The molecule has 1 aliphatic rings. The topological polar surface area (TPSA) is 133 Å². The van der Waals surface area contributed by atoms with Gasteiger partial charge in [-0.2, -0.15) is 0 Å². The summed E-state index contributed by atoms with van der Waals surface area (Å²) in [6.07, 6.45) is 6.65. The van der Waals surface area contributed by atoms with E-state index in [2.05, 4.69) is 32.0 Å². The molecule has 3 heterocycles. The molecule has 0 aliphatic carbocycles. The van der Waals surface area contributed by atoms with Gasteiger partial charge in [-0.1, -0.05) is 19.1 Å². The first-order valence-electron chi connectivity index (χ1n) is 11.4. The maximum absolute atomic E-state index is 12.5. The average molecular weight is 454 g/mol. The number of aliphatic carboxylic acids is 1. The number of carboxylic acid groups (broad SMARTS) is 1. The fraction of sp³-hybridized carbons (Fsp3) is 0.458. The largest absolute Gasteiger partial charge is 0.481 e. The molecule has 0 saturated carbocycles. The van der Waals surface area contributed by atoms with E-state index in [4.69, 9.17) is 0 Å². The molecule has 4 N–H and O–H groups in total. The van der Waals surface area contributed by atoms with Crippen LogP contribution < -0.4 is 16.0 Å². The third-order valence-electron chi connectivity index (χ3n) is 5.72. The predicted molar refractivity (Wildman–Crippen MR) is 124 cm³/mol. The molecule has 0 aromatic carbocycles. The van der Waals surface area contributed by atoms with Crippen LogP contribution in [0.3, 0.4) is 0 Å². The van der Waals surface area contributed by atoms with Gasteiger partial charge in [-0.3, -0.25) is 19.4 Å². The molecule has 0 saturated heterocycles. The van der Waals surface area contributed by atoms with E-state index >= 15 is 0 Å². The highest BCUT2D eigenvalue weighted by Crippen LogP contribution is 2.25. The van der Waals surface area contributed by atoms with Crippen LogP contribution in [0.5, 0.6) is 0 Å². The lowest BCUT2D eigenvalue weighted by molar-refractivity contribution is -0.143. The van der Waals surface area contributed by atoms with Crippen LogP contribution in [-0.4, -0.2) is 45.9 Å². The zero-order valence-corrected chi connectivity index (χ0v) is 18.8. The minimum Gasteiger partial charge on any atom is -0.481 e. The smallest absolute Gasteiger partial charge is 0.308 e. The van der Waals surface area contributed by atoms with E-state index in [0.29, 0.717) is 24.9 Å². The van der Waals surface area contributed by atoms with Crippen LogP contribution >= 0.6 is 0 Å². The van der Waals surface area contributed by atoms with Crippen molar-refractivity contribution in [2.75, 3.05) is 18.4 Å². The van der Waals surface area contributed by atoms with Gasteiger partial charge in [-0.25, -0.2) is 4.98 Å². The zero-order chi connectivity index (χ0) is 23.6. The number of pyridine rings is 2. The summed E-state index contributed by atoms with van der Waals surface area (Å²) in [5, 5.41) is 18.3. The zero-order valence-electron chi connectivity index (χ0n) is 18.8. The number of anilines is 1. The summed E-state index contributed by atoms with van der Waals surface area (Å²) < 4.78 is 0. The second kappa shape index (κ2) is 11.9. The highest BCUT2D eigenvalue weighted by atomic mass is 16.4. The highest BCUT2D eigenvalue weighted by molar-refractivity contribution is 5.97. The van der Waals surface area contributed by atoms with Crippen LogP contribution in [0.15, 0.2) is 36.7 Å². The van der Waals surface area contributed by atoms with Gasteiger partial charge < -0.3 is 21.1 Å². The minimum absolute atomic E-state index is 0.327. The van der Waals surface area contributed by atoms with E-state index in [1.54, 1.807) is 25.3 Å². The van der Waals surface area contributed by atoms with Crippen molar-refractivity contribution in [2.24, 2.45) is 5.92 Å². The Bertz CT molecular complexity index is 967. The number of carbonyl (C=O) groups is 3. The van der Waals surface area contributed by atoms with Crippen molar-refractivity contribution < 1.29 is 19.5 Å². The number of carboxylic acids is 1. The summed E-state index contributed by atoms with van der Waals surface area (Å²) in [4.78, 5) is 45.0. The van der Waals surface area contributed by atoms with Gasteiger partial charge in [0.25, 0.3) is 0 Å². The van der Waals surface area contributed by atoms with E-state index in [9.17, 15) is 19.5 Å². The molecule has 176 valence electrons. The Morgan fingerprint density at radius 3 is 2.79 bits per heavy atom. The molecule has 1 aliphatic heterocycles. The van der Waals surface area contributed by atoms with E-state index in [-0.39, 0.29) is 6.42 Å². The Morgan fingerprint density at radius 2 is 2.06 bits per heavy atom. The first-order chi connectivity index (χ1) is 16.0. The summed E-state index contributed by atoms with van der Waals surface area (Å²) in [6.45, 7) is 3.11. The second-order valence-electron chi connectivity index (χ2n) is 8.16. The van der Waals surface area contributed by atoms with Crippen LogP contribution in [0.2, 0.25) is 0 Å². The van der Waals surface area contributed by atoms with Crippen molar-refractivity contribution in [1.29, 1.82) is 0 Å². The number of rotatable bonds is 11. The van der Waals surface area contributed by atoms with Gasteiger partial charge >= 0.3 is 5.97 Å². The quantitative estimate of drug-likeness (QED) is 0.303. The summed E-state index contributed by atoms with van der Waals surface area (Å²) in [5.41, 5.74) is 2.79. The Hall–Kier alpha value is -3.49. The van der Waals surface area contributed by atoms with Crippen molar-refractivity contribution in [3.05, 3.63) is 53.5 Å². The van der Waals surface area contributed by atoms with Crippen LogP contribution in [0.25, 0.3) is 0 Å². The van der Waals surface area contributed by atoms with Crippen molar-refractivity contribution in [1.82, 2.24) is 20.6 Å². The van der Waals surface area contributed by atoms with Crippen molar-refractivity contribution in [3.8, 4) is 0 Å². The van der Waals surface area contributed by atoms with Crippen LogP contribution in [0.4, 0.5) is 5.82 Å². The molecule has 33 heavy (non-hydrogen) atoms. The van der Waals surface area contributed by atoms with E-state index in [0.717, 1.165) is 37.3 Å². The summed E-state index contributed by atoms with van der Waals surface area (Å²) in [7, 11) is 0. The lowest BCUT2D eigenvalue weighted by Crippen LogP contribution is -2.39. The van der Waals surface area contributed by atoms with Crippen LogP contribution in [0, 0.1) is 5.92 Å². The van der Waals surface area contributed by atoms with E-state index < -0.39 is 29.7 Å². The molecule has 0 fully saturated rings. The summed E-state index contributed by atoms with van der Waals surface area (Å²) >= 11 is 0. The van der Waals surface area contributed by atoms with E-state index in [1.165, 1.54) is 11.8 Å². The summed E-state index contributed by atoms with van der Waals surface area (Å²) in [6, 6.07) is 6.76. The Balaban J connectivity index is 1.46. The number of aromatic nitrogens is 2. The molecular formula is C24H31N5O4. The maximum Gasteiger partial charge on any atom is 0.308 e. The molecule has 2 amide bonds. The molecule has 1 unspecified atom stereocenters. The van der Waals surface area contributed by atoms with Gasteiger partial charge in [-0.05, 0) is 55.4 Å². The van der Waals surface area contributed by atoms with Gasteiger partial charge in [0.15, 0.2) is 0 Å². The molecule has 9 nitrogen and oxygen atoms in total. The average Bonchev–Trinajstić information content (AvgIpc) is 2.82. The van der Waals surface area contributed by atoms with Crippen molar-refractivity contribution in [2.45, 2.75) is 51.5 Å². The number of nitrogens with one attached hydrogen (secondary N) is 3. The molecular weight excluding hydrogens is 422 g/mol. The van der Waals surface area contributed by atoms with Gasteiger partial charge in [0, 0.05) is 31.2 Å². The molecule has 3 rings (SSSR count). The van der Waals surface area contributed by atoms with Gasteiger partial charge in [0.1, 0.15) is 12.2 Å². The number of amides is 2. The van der Waals surface area contributed by atoms with Gasteiger partial charge in [0.2, 0.25) is 11.8 Å². The number of nitrogens with zero attached hydrogens (tertiary/aromatic N) is 2. The Morgan fingerprint density at radius 1 is 1.21 bits per heavy atom. The molecule has 2 aromatic rings. The first kappa shape index (κ1) is 24.2. The SMILES string of the molecule is CCC(C(=O)O)[C@H](NC(=O)CC(=O)NCCCc1ccc2c(n1)NCCC2)c1cccnc1. The number of fused-ring (bicyclic) bond motifs is 1. The van der Waals surface area contributed by atoms with Crippen LogP contribution in [-0.2, 0) is 27.2 Å². The number of hydrogen-bond donors (Lipinski definition) is 4. The minimum atomic E-state index is -1.01. The second-order valence-corrected chi connectivity index (χ2v) is 8.16. The van der Waals surface area contributed by atoms with Crippen molar-refractivity contribution >= 4 is 23.6 Å². The van der Waals surface area contributed by atoms with E-state index in [1.807, 2.05) is 6.07 Å². The third kappa shape index (κ3) is 7.00. The lowest BCUT2D eigenvalue weighted by atomic mass is 9.91. The number of hydrogen-bond acceptors (Lipinski definition) is 6. The standard InChI is InChI=1S/C24H31N5O4/c1-2-19(24(32)33)22(17-7-3-11-25-15-17)29-21(31)14-20(30)26-12-5-8-18-10-9-16-6-4-13-27-23(16)28-18/h3,7,9-11,15,19,22H,2,4-6,8,12-14H2,1H3,(H,26,30)(H,27,28)(H,29,31)(H,32,33)/t19?,22-/m1/s1. The van der Waals surface area contributed by atoms with Crippen LogP contribution in [0.1, 0.15) is 55.5 Å². The molecule has 0 spiro atoms. The Kier molecular flexibility index (Phi) is 8.74. The van der Waals surface area contributed by atoms with Gasteiger partial charge in [0.05, 0.1) is 12.0 Å². The normalized spacial score (nSPS) is 14.3. The number of aryl methyl sites for hydroxylation is 2. The fourth-order valence-electron chi connectivity index (χ4n) is 3.97. The number of carbonyl (C=O) groups excluding carboxylic acids is 2. The summed E-state index contributed by atoms with van der Waals surface area (Å²) in [5.74, 6) is -1.80. The molecule has 9 heteroatoms. The molecule has 0 radical (unpaired) electrons. The van der Waals surface area contributed by atoms with Gasteiger partial charge in [-0.15, -0.1) is 0 Å². The monoisotopic (exact) mass is 453 g/mol. The molecule has 2 atom stereocenters.